The van der Waals surface area contributed by atoms with Gasteiger partial charge in [0, 0.05) is 56.2 Å². The average molecular weight is 563 g/mol. The molecule has 1 aromatic heterocycles. The Morgan fingerprint density at radius 3 is 2.76 bits per heavy atom. The Kier molecular flexibility index (Phi) is 8.63. The highest BCUT2D eigenvalue weighted by molar-refractivity contribution is 5.94. The Morgan fingerprint density at radius 2 is 2.07 bits per heavy atom. The van der Waals surface area contributed by atoms with Crippen LogP contribution in [0.1, 0.15) is 63.5 Å². The number of hydrogen-bond donors (Lipinski definition) is 1. The van der Waals surface area contributed by atoms with Gasteiger partial charge in [-0.1, -0.05) is 39.3 Å². The molecule has 5 rings (SSSR count). The molecule has 1 N–H and O–H groups in total. The number of carbonyl (C=O) groups is 3. The molecule has 0 spiro atoms. The van der Waals surface area contributed by atoms with Crippen LogP contribution < -0.4 is 9.64 Å². The van der Waals surface area contributed by atoms with Gasteiger partial charge >= 0.3 is 5.97 Å². The van der Waals surface area contributed by atoms with Crippen LogP contribution in [0.2, 0.25) is 0 Å². The van der Waals surface area contributed by atoms with E-state index in [1.165, 1.54) is 0 Å². The standard InChI is InChI=1S/C32H42N4O5/c1-4-5-14-36(24-7-6-13-33-19-24)28(37)21-35-20-25(22-8-9-27-23(18-22)11-17-41-27)29(30(38)39)26(35)10-15-34-16-12-32(2,3)31(34)40/h6-9,13,18-19,25-26,29H,4-5,10-12,14-17,20-21H2,1-3H3,(H,38,39)/t25-,26+,29?/m1/s1. The lowest BCUT2D eigenvalue weighted by Crippen LogP contribution is -2.46. The van der Waals surface area contributed by atoms with Gasteiger partial charge in [-0.2, -0.15) is 0 Å². The molecule has 1 aromatic carbocycles. The second-order valence-corrected chi connectivity index (χ2v) is 12.3. The van der Waals surface area contributed by atoms with E-state index in [4.69, 9.17) is 4.74 Å². The van der Waals surface area contributed by atoms with Crippen molar-refractivity contribution in [3.63, 3.8) is 0 Å². The number of carboxylic acid groups (broad SMARTS) is 1. The molecule has 0 saturated carbocycles. The maximum Gasteiger partial charge on any atom is 0.308 e. The number of nitrogens with zero attached hydrogens (tertiary/aromatic N) is 4. The number of rotatable bonds is 11. The second-order valence-electron chi connectivity index (χ2n) is 12.3. The first-order chi connectivity index (χ1) is 19.7. The van der Waals surface area contributed by atoms with Gasteiger partial charge in [-0.05, 0) is 48.6 Å². The van der Waals surface area contributed by atoms with Crippen molar-refractivity contribution in [2.75, 3.05) is 44.2 Å². The summed E-state index contributed by atoms with van der Waals surface area (Å²) in [6.45, 7) is 8.96. The van der Waals surface area contributed by atoms with E-state index in [1.807, 2.05) is 43.0 Å². The minimum atomic E-state index is -0.866. The summed E-state index contributed by atoms with van der Waals surface area (Å²) in [4.78, 5) is 49.6. The predicted octanol–water partition coefficient (Wildman–Crippen LogP) is 3.97. The molecule has 2 saturated heterocycles. The number of carboxylic acids is 1. The molecular formula is C32H42N4O5. The molecule has 2 fully saturated rings. The van der Waals surface area contributed by atoms with Crippen LogP contribution in [0.5, 0.6) is 5.75 Å². The lowest BCUT2D eigenvalue weighted by atomic mass is 9.83. The average Bonchev–Trinajstić information content (AvgIpc) is 3.64. The number of amides is 2. The number of fused-ring (bicyclic) bond motifs is 1. The van der Waals surface area contributed by atoms with Crippen molar-refractivity contribution in [2.24, 2.45) is 11.3 Å². The fourth-order valence-electron chi connectivity index (χ4n) is 6.67. The van der Waals surface area contributed by atoms with Crippen molar-refractivity contribution >= 4 is 23.5 Å². The summed E-state index contributed by atoms with van der Waals surface area (Å²) >= 11 is 0. The highest BCUT2D eigenvalue weighted by Crippen LogP contribution is 2.41. The molecule has 0 radical (unpaired) electrons. The third-order valence-corrected chi connectivity index (χ3v) is 9.08. The van der Waals surface area contributed by atoms with Gasteiger partial charge in [-0.25, -0.2) is 0 Å². The van der Waals surface area contributed by atoms with Crippen LogP contribution in [-0.2, 0) is 20.8 Å². The molecule has 4 heterocycles. The van der Waals surface area contributed by atoms with Crippen LogP contribution in [-0.4, -0.2) is 83.0 Å². The Labute approximate surface area is 242 Å². The summed E-state index contributed by atoms with van der Waals surface area (Å²) in [6.07, 6.45) is 7.29. The summed E-state index contributed by atoms with van der Waals surface area (Å²) < 4.78 is 5.69. The fourth-order valence-corrected chi connectivity index (χ4v) is 6.67. The lowest BCUT2D eigenvalue weighted by Gasteiger charge is -2.31. The van der Waals surface area contributed by atoms with Crippen LogP contribution in [0.15, 0.2) is 42.7 Å². The number of benzene rings is 1. The third kappa shape index (κ3) is 6.10. The molecule has 9 nitrogen and oxygen atoms in total. The van der Waals surface area contributed by atoms with Crippen molar-refractivity contribution in [3.8, 4) is 5.75 Å². The number of hydrogen-bond acceptors (Lipinski definition) is 6. The monoisotopic (exact) mass is 562 g/mol. The molecule has 3 atom stereocenters. The zero-order chi connectivity index (χ0) is 29.1. The van der Waals surface area contributed by atoms with E-state index in [9.17, 15) is 19.5 Å². The van der Waals surface area contributed by atoms with Crippen LogP contribution >= 0.6 is 0 Å². The third-order valence-electron chi connectivity index (χ3n) is 9.08. The smallest absolute Gasteiger partial charge is 0.308 e. The molecule has 0 bridgehead atoms. The molecular weight excluding hydrogens is 520 g/mol. The minimum Gasteiger partial charge on any atom is -0.493 e. The number of aliphatic carboxylic acids is 1. The fraction of sp³-hybridized carbons (Fsp3) is 0.562. The number of ether oxygens (including phenoxy) is 1. The summed E-state index contributed by atoms with van der Waals surface area (Å²) in [5.74, 6) is -0.930. The number of carbonyl (C=O) groups excluding carboxylic acids is 2. The second kappa shape index (κ2) is 12.2. The van der Waals surface area contributed by atoms with Crippen molar-refractivity contribution in [3.05, 3.63) is 53.9 Å². The number of anilines is 1. The van der Waals surface area contributed by atoms with Crippen LogP contribution in [0.25, 0.3) is 0 Å². The maximum atomic E-state index is 13.8. The first kappa shape index (κ1) is 29.0. The first-order valence-corrected chi connectivity index (χ1v) is 14.9. The van der Waals surface area contributed by atoms with Crippen molar-refractivity contribution < 1.29 is 24.2 Å². The molecule has 2 amide bonds. The number of aromatic nitrogens is 1. The van der Waals surface area contributed by atoms with Crippen LogP contribution in [0, 0.1) is 11.3 Å². The van der Waals surface area contributed by atoms with Gasteiger partial charge in [0.05, 0.1) is 31.0 Å². The zero-order valence-electron chi connectivity index (χ0n) is 24.4. The SMILES string of the molecule is CCCCN(C(=O)CN1C[C@H](c2ccc3c(c2)CCO3)C(C(=O)O)[C@@H]1CCN1CCC(C)(C)C1=O)c1cccnc1. The van der Waals surface area contributed by atoms with Crippen molar-refractivity contribution in [1.82, 2.24) is 14.8 Å². The van der Waals surface area contributed by atoms with E-state index >= 15 is 0 Å². The Morgan fingerprint density at radius 1 is 1.24 bits per heavy atom. The molecule has 3 aliphatic heterocycles. The van der Waals surface area contributed by atoms with E-state index in [1.54, 1.807) is 17.3 Å². The predicted molar refractivity (Wildman–Crippen MR) is 156 cm³/mol. The van der Waals surface area contributed by atoms with Gasteiger partial charge in [0.25, 0.3) is 0 Å². The van der Waals surface area contributed by atoms with E-state index in [0.29, 0.717) is 39.2 Å². The van der Waals surface area contributed by atoms with Gasteiger partial charge in [-0.15, -0.1) is 0 Å². The molecule has 0 aliphatic carbocycles. The van der Waals surface area contributed by atoms with Crippen LogP contribution in [0.3, 0.4) is 0 Å². The highest BCUT2D eigenvalue weighted by atomic mass is 16.5. The normalized spacial score (nSPS) is 23.4. The van der Waals surface area contributed by atoms with Gasteiger partial charge < -0.3 is 19.6 Å². The van der Waals surface area contributed by atoms with E-state index in [2.05, 4.69) is 22.9 Å². The van der Waals surface area contributed by atoms with Gasteiger partial charge in [0.1, 0.15) is 5.75 Å². The van der Waals surface area contributed by atoms with Gasteiger partial charge in [0.15, 0.2) is 0 Å². The zero-order valence-corrected chi connectivity index (χ0v) is 24.4. The highest BCUT2D eigenvalue weighted by Gasteiger charge is 2.48. The van der Waals surface area contributed by atoms with Gasteiger partial charge in [0.2, 0.25) is 11.8 Å². The van der Waals surface area contributed by atoms with E-state index in [-0.39, 0.29) is 30.3 Å². The summed E-state index contributed by atoms with van der Waals surface area (Å²) in [6, 6.07) is 9.33. The van der Waals surface area contributed by atoms with Crippen LogP contribution in [0.4, 0.5) is 5.69 Å². The topological polar surface area (TPSA) is 103 Å². The Hall–Kier alpha value is -3.46. The summed E-state index contributed by atoms with van der Waals surface area (Å²) in [5.41, 5.74) is 2.42. The van der Waals surface area contributed by atoms with E-state index in [0.717, 1.165) is 48.2 Å². The summed E-state index contributed by atoms with van der Waals surface area (Å²) in [7, 11) is 0. The summed E-state index contributed by atoms with van der Waals surface area (Å²) in [5, 5.41) is 10.6. The number of pyridine rings is 1. The first-order valence-electron chi connectivity index (χ1n) is 14.9. The molecule has 3 aliphatic rings. The molecule has 1 unspecified atom stereocenters. The maximum absolute atomic E-state index is 13.8. The Balaban J connectivity index is 1.42. The van der Waals surface area contributed by atoms with Gasteiger partial charge in [-0.3, -0.25) is 24.3 Å². The molecule has 220 valence electrons. The van der Waals surface area contributed by atoms with Crippen molar-refractivity contribution in [1.29, 1.82) is 0 Å². The molecule has 2 aromatic rings. The van der Waals surface area contributed by atoms with E-state index < -0.39 is 17.3 Å². The minimum absolute atomic E-state index is 0.0676. The number of likely N-dealkylation sites (tertiary alicyclic amines) is 2. The Bertz CT molecular complexity index is 1270. The largest absolute Gasteiger partial charge is 0.493 e. The quantitative estimate of drug-likeness (QED) is 0.442. The molecule has 9 heteroatoms. The number of unbranched alkanes of at least 4 members (excludes halogenated alkanes) is 1. The molecule has 41 heavy (non-hydrogen) atoms. The van der Waals surface area contributed by atoms with Crippen molar-refractivity contribution in [2.45, 2.75) is 64.8 Å². The lowest BCUT2D eigenvalue weighted by molar-refractivity contribution is -0.143.